The van der Waals surface area contributed by atoms with Gasteiger partial charge in [-0.2, -0.15) is 0 Å². The van der Waals surface area contributed by atoms with Gasteiger partial charge < -0.3 is 5.32 Å². The Hall–Kier alpha value is -0.250. The van der Waals surface area contributed by atoms with Crippen LogP contribution in [0.4, 0.5) is 0 Å². The van der Waals surface area contributed by atoms with Gasteiger partial charge in [0.1, 0.15) is 0 Å². The van der Waals surface area contributed by atoms with Crippen molar-refractivity contribution in [3.05, 3.63) is 55.2 Å². The summed E-state index contributed by atoms with van der Waals surface area (Å²) >= 11 is 20.3. The molecule has 0 aliphatic carbocycles. The second-order valence-corrected chi connectivity index (χ2v) is 7.17. The third-order valence-electron chi connectivity index (χ3n) is 3.02. The van der Waals surface area contributed by atoms with Crippen LogP contribution in [0.1, 0.15) is 29.8 Å². The third kappa shape index (κ3) is 4.12. The number of benzene rings is 1. The molecule has 5 heteroatoms. The largest absolute Gasteiger partial charge is 0.310 e. The highest BCUT2D eigenvalue weighted by atomic mass is 35.5. The first-order valence-electron chi connectivity index (χ1n) is 6.53. The fourth-order valence-electron chi connectivity index (χ4n) is 2.10. The van der Waals surface area contributed by atoms with Crippen LogP contribution >= 0.6 is 46.1 Å². The molecule has 0 saturated carbocycles. The molecule has 1 nitrogen and oxygen atoms in total. The monoisotopic (exact) mass is 347 g/mol. The van der Waals surface area contributed by atoms with Gasteiger partial charge >= 0.3 is 0 Å². The van der Waals surface area contributed by atoms with E-state index < -0.39 is 0 Å². The zero-order chi connectivity index (χ0) is 14.5. The number of halogens is 3. The Balaban J connectivity index is 2.27. The summed E-state index contributed by atoms with van der Waals surface area (Å²) in [5.74, 6) is 0. The van der Waals surface area contributed by atoms with Crippen LogP contribution in [0.5, 0.6) is 0 Å². The maximum absolute atomic E-state index is 6.33. The van der Waals surface area contributed by atoms with Crippen molar-refractivity contribution >= 4 is 46.1 Å². The Morgan fingerprint density at radius 2 is 1.80 bits per heavy atom. The van der Waals surface area contributed by atoms with Crippen LogP contribution in [0.25, 0.3) is 0 Å². The third-order valence-corrected chi connectivity index (χ3v) is 4.94. The van der Waals surface area contributed by atoms with Crippen molar-refractivity contribution in [3.8, 4) is 0 Å². The van der Waals surface area contributed by atoms with Crippen molar-refractivity contribution in [3.63, 3.8) is 0 Å². The number of hydrogen-bond acceptors (Lipinski definition) is 2. The summed E-state index contributed by atoms with van der Waals surface area (Å²) in [4.78, 5) is 1.22. The summed E-state index contributed by atoms with van der Waals surface area (Å²) in [7, 11) is 0. The lowest BCUT2D eigenvalue weighted by Gasteiger charge is -2.21. The van der Waals surface area contributed by atoms with E-state index in [4.69, 9.17) is 34.8 Å². The first-order valence-corrected chi connectivity index (χ1v) is 8.48. The quantitative estimate of drug-likeness (QED) is 0.676. The SMILES string of the molecule is CCCNC(Cc1ccc(Cl)s1)c1c(Cl)cccc1Cl. The van der Waals surface area contributed by atoms with Gasteiger partial charge in [-0.1, -0.05) is 47.8 Å². The molecule has 0 radical (unpaired) electrons. The van der Waals surface area contributed by atoms with Crippen LogP contribution in [-0.4, -0.2) is 6.54 Å². The van der Waals surface area contributed by atoms with E-state index in [1.807, 2.05) is 24.3 Å². The van der Waals surface area contributed by atoms with E-state index in [1.165, 1.54) is 4.88 Å². The molecule has 2 aromatic rings. The van der Waals surface area contributed by atoms with Crippen LogP contribution in [-0.2, 0) is 6.42 Å². The van der Waals surface area contributed by atoms with Gasteiger partial charge in [0.15, 0.2) is 0 Å². The molecule has 0 saturated heterocycles. The lowest BCUT2D eigenvalue weighted by Crippen LogP contribution is -2.24. The molecule has 0 amide bonds. The van der Waals surface area contributed by atoms with Gasteiger partial charge in [0.2, 0.25) is 0 Å². The molecular formula is C15H16Cl3NS. The fraction of sp³-hybridized carbons (Fsp3) is 0.333. The Morgan fingerprint density at radius 3 is 2.35 bits per heavy atom. The molecule has 1 aromatic carbocycles. The van der Waals surface area contributed by atoms with Crippen molar-refractivity contribution in [2.24, 2.45) is 0 Å². The van der Waals surface area contributed by atoms with Gasteiger partial charge in [0, 0.05) is 32.9 Å². The van der Waals surface area contributed by atoms with E-state index in [0.29, 0.717) is 10.0 Å². The van der Waals surface area contributed by atoms with Gasteiger partial charge in [-0.15, -0.1) is 11.3 Å². The van der Waals surface area contributed by atoms with E-state index in [2.05, 4.69) is 18.3 Å². The molecule has 1 unspecified atom stereocenters. The van der Waals surface area contributed by atoms with E-state index in [9.17, 15) is 0 Å². The zero-order valence-electron chi connectivity index (χ0n) is 11.1. The maximum Gasteiger partial charge on any atom is 0.0931 e. The highest BCUT2D eigenvalue weighted by molar-refractivity contribution is 7.16. The number of nitrogens with one attached hydrogen (secondary N) is 1. The van der Waals surface area contributed by atoms with Crippen molar-refractivity contribution in [1.82, 2.24) is 5.32 Å². The summed E-state index contributed by atoms with van der Waals surface area (Å²) in [6, 6.07) is 9.71. The average Bonchev–Trinajstić information content (AvgIpc) is 2.81. The Kier molecular flexibility index (Phi) is 6.19. The van der Waals surface area contributed by atoms with E-state index in [0.717, 1.165) is 29.3 Å². The number of hydrogen-bond donors (Lipinski definition) is 1. The first-order chi connectivity index (χ1) is 9.61. The predicted octanol–water partition coefficient (Wildman–Crippen LogP) is 5.99. The fourth-order valence-corrected chi connectivity index (χ4v) is 3.89. The smallest absolute Gasteiger partial charge is 0.0931 e. The topological polar surface area (TPSA) is 12.0 Å². The maximum atomic E-state index is 6.33. The molecular weight excluding hydrogens is 333 g/mol. The molecule has 1 N–H and O–H groups in total. The van der Waals surface area contributed by atoms with Gasteiger partial charge in [-0.3, -0.25) is 0 Å². The molecule has 0 aliphatic heterocycles. The number of thiophene rings is 1. The van der Waals surface area contributed by atoms with Crippen LogP contribution < -0.4 is 5.32 Å². The Morgan fingerprint density at radius 1 is 1.10 bits per heavy atom. The molecule has 0 spiro atoms. The minimum atomic E-state index is 0.103. The van der Waals surface area contributed by atoms with Gasteiger partial charge in [0.05, 0.1) is 4.34 Å². The Labute approximate surface area is 138 Å². The van der Waals surface area contributed by atoms with Crippen molar-refractivity contribution < 1.29 is 0 Å². The van der Waals surface area contributed by atoms with Crippen LogP contribution in [0.15, 0.2) is 30.3 Å². The lowest BCUT2D eigenvalue weighted by atomic mass is 10.0. The number of rotatable bonds is 6. The van der Waals surface area contributed by atoms with Crippen molar-refractivity contribution in [2.45, 2.75) is 25.8 Å². The van der Waals surface area contributed by atoms with Crippen molar-refractivity contribution in [1.29, 1.82) is 0 Å². The average molecular weight is 349 g/mol. The summed E-state index contributed by atoms with van der Waals surface area (Å²) in [6.45, 7) is 3.06. The minimum Gasteiger partial charge on any atom is -0.310 e. The molecule has 1 atom stereocenters. The molecule has 108 valence electrons. The van der Waals surface area contributed by atoms with E-state index >= 15 is 0 Å². The zero-order valence-corrected chi connectivity index (χ0v) is 14.2. The summed E-state index contributed by atoms with van der Waals surface area (Å²) < 4.78 is 0.805. The van der Waals surface area contributed by atoms with Crippen LogP contribution in [0.2, 0.25) is 14.4 Å². The molecule has 0 aliphatic rings. The van der Waals surface area contributed by atoms with E-state index in [-0.39, 0.29) is 6.04 Å². The highest BCUT2D eigenvalue weighted by Gasteiger charge is 2.18. The van der Waals surface area contributed by atoms with Crippen LogP contribution in [0.3, 0.4) is 0 Å². The van der Waals surface area contributed by atoms with Crippen LogP contribution in [0, 0.1) is 0 Å². The van der Waals surface area contributed by atoms with Gasteiger partial charge in [-0.05, 0) is 37.2 Å². The summed E-state index contributed by atoms with van der Waals surface area (Å²) in [6.07, 6.45) is 1.89. The normalized spacial score (nSPS) is 12.6. The lowest BCUT2D eigenvalue weighted by molar-refractivity contribution is 0.532. The molecule has 0 bridgehead atoms. The summed E-state index contributed by atoms with van der Waals surface area (Å²) in [5, 5.41) is 4.92. The molecule has 20 heavy (non-hydrogen) atoms. The Bertz CT molecular complexity index is 548. The van der Waals surface area contributed by atoms with Gasteiger partial charge in [0.25, 0.3) is 0 Å². The second kappa shape index (κ2) is 7.67. The molecule has 0 fully saturated rings. The highest BCUT2D eigenvalue weighted by Crippen LogP contribution is 2.34. The first kappa shape index (κ1) is 16.1. The summed E-state index contributed by atoms with van der Waals surface area (Å²) in [5.41, 5.74) is 0.966. The standard InChI is InChI=1S/C15H16Cl3NS/c1-2-8-19-13(9-10-6-7-14(18)20-10)15-11(16)4-3-5-12(15)17/h3-7,13,19H,2,8-9H2,1H3. The minimum absolute atomic E-state index is 0.103. The predicted molar refractivity (Wildman–Crippen MR) is 90.5 cm³/mol. The molecule has 1 aromatic heterocycles. The van der Waals surface area contributed by atoms with E-state index in [1.54, 1.807) is 11.3 Å². The molecule has 1 heterocycles. The second-order valence-electron chi connectivity index (χ2n) is 4.55. The van der Waals surface area contributed by atoms with Crippen molar-refractivity contribution in [2.75, 3.05) is 6.54 Å². The van der Waals surface area contributed by atoms with Gasteiger partial charge in [-0.25, -0.2) is 0 Å². The molecule has 2 rings (SSSR count).